The average Bonchev–Trinajstić information content (AvgIpc) is 2.43. The second-order valence-corrected chi connectivity index (χ2v) is 5.39. The first kappa shape index (κ1) is 16.2. The molecular formula is C17H30N2. The molecule has 0 unspecified atom stereocenters. The van der Waals surface area contributed by atoms with E-state index in [1.807, 2.05) is 0 Å². The van der Waals surface area contributed by atoms with Crippen LogP contribution in [-0.4, -0.2) is 31.6 Å². The van der Waals surface area contributed by atoms with Gasteiger partial charge in [0.05, 0.1) is 0 Å². The summed E-state index contributed by atoms with van der Waals surface area (Å²) in [6, 6.07) is 10.7. The summed E-state index contributed by atoms with van der Waals surface area (Å²) in [5.74, 6) is 0. The SMILES string of the molecule is CCCNCCCCCCN(C)Cc1ccccc1. The highest BCUT2D eigenvalue weighted by Crippen LogP contribution is 2.05. The van der Waals surface area contributed by atoms with Crippen molar-refractivity contribution < 1.29 is 0 Å². The van der Waals surface area contributed by atoms with Gasteiger partial charge in [0.2, 0.25) is 0 Å². The Morgan fingerprint density at radius 3 is 2.42 bits per heavy atom. The van der Waals surface area contributed by atoms with Crippen molar-refractivity contribution in [2.75, 3.05) is 26.7 Å². The fourth-order valence-corrected chi connectivity index (χ4v) is 2.26. The fraction of sp³-hybridized carbons (Fsp3) is 0.647. The highest BCUT2D eigenvalue weighted by molar-refractivity contribution is 5.14. The van der Waals surface area contributed by atoms with E-state index in [0.717, 1.165) is 6.54 Å². The predicted molar refractivity (Wildman–Crippen MR) is 84.4 cm³/mol. The third kappa shape index (κ3) is 8.79. The van der Waals surface area contributed by atoms with Crippen LogP contribution < -0.4 is 5.32 Å². The highest BCUT2D eigenvalue weighted by Gasteiger charge is 1.99. The van der Waals surface area contributed by atoms with Gasteiger partial charge >= 0.3 is 0 Å². The lowest BCUT2D eigenvalue weighted by atomic mass is 10.1. The number of hydrogen-bond acceptors (Lipinski definition) is 2. The predicted octanol–water partition coefficient (Wildman–Crippen LogP) is 3.68. The molecule has 1 aromatic rings. The molecule has 0 spiro atoms. The zero-order valence-corrected chi connectivity index (χ0v) is 12.7. The molecular weight excluding hydrogens is 232 g/mol. The van der Waals surface area contributed by atoms with Gasteiger partial charge in [0.25, 0.3) is 0 Å². The highest BCUT2D eigenvalue weighted by atomic mass is 15.1. The number of rotatable bonds is 11. The molecule has 0 saturated carbocycles. The van der Waals surface area contributed by atoms with Gasteiger partial charge in [0.15, 0.2) is 0 Å². The van der Waals surface area contributed by atoms with Crippen molar-refractivity contribution in [2.24, 2.45) is 0 Å². The van der Waals surface area contributed by atoms with E-state index in [2.05, 4.69) is 54.5 Å². The van der Waals surface area contributed by atoms with Gasteiger partial charge in [-0.05, 0) is 51.5 Å². The summed E-state index contributed by atoms with van der Waals surface area (Å²) in [4.78, 5) is 2.42. The van der Waals surface area contributed by atoms with Crippen LogP contribution in [0.25, 0.3) is 0 Å². The molecule has 0 radical (unpaired) electrons. The van der Waals surface area contributed by atoms with Crippen LogP contribution in [0.3, 0.4) is 0 Å². The number of nitrogens with zero attached hydrogens (tertiary/aromatic N) is 1. The summed E-state index contributed by atoms with van der Waals surface area (Å²) >= 11 is 0. The van der Waals surface area contributed by atoms with E-state index in [1.54, 1.807) is 0 Å². The lowest BCUT2D eigenvalue weighted by Crippen LogP contribution is -2.19. The first-order valence-corrected chi connectivity index (χ1v) is 7.76. The molecule has 19 heavy (non-hydrogen) atoms. The molecule has 0 atom stereocenters. The van der Waals surface area contributed by atoms with Crippen molar-refractivity contribution in [1.29, 1.82) is 0 Å². The smallest absolute Gasteiger partial charge is 0.0230 e. The van der Waals surface area contributed by atoms with Crippen LogP contribution in [0, 0.1) is 0 Å². The summed E-state index contributed by atoms with van der Waals surface area (Å²) in [6.07, 6.45) is 6.59. The lowest BCUT2D eigenvalue weighted by molar-refractivity contribution is 0.316. The van der Waals surface area contributed by atoms with Gasteiger partial charge < -0.3 is 10.2 Å². The van der Waals surface area contributed by atoms with Crippen LogP contribution in [0.5, 0.6) is 0 Å². The maximum absolute atomic E-state index is 3.46. The van der Waals surface area contributed by atoms with Crippen LogP contribution in [0.15, 0.2) is 30.3 Å². The molecule has 1 N–H and O–H groups in total. The maximum atomic E-state index is 3.46. The van der Waals surface area contributed by atoms with E-state index < -0.39 is 0 Å². The van der Waals surface area contributed by atoms with Gasteiger partial charge in [0, 0.05) is 6.54 Å². The summed E-state index contributed by atoms with van der Waals surface area (Å²) < 4.78 is 0. The molecule has 2 nitrogen and oxygen atoms in total. The summed E-state index contributed by atoms with van der Waals surface area (Å²) in [6.45, 7) is 6.85. The van der Waals surface area contributed by atoms with Crippen LogP contribution in [0.2, 0.25) is 0 Å². The number of unbranched alkanes of at least 4 members (excludes halogenated alkanes) is 3. The fourth-order valence-electron chi connectivity index (χ4n) is 2.26. The number of hydrogen-bond donors (Lipinski definition) is 1. The number of benzene rings is 1. The van der Waals surface area contributed by atoms with E-state index in [0.29, 0.717) is 0 Å². The van der Waals surface area contributed by atoms with Crippen LogP contribution >= 0.6 is 0 Å². The lowest BCUT2D eigenvalue weighted by Gasteiger charge is -2.16. The molecule has 0 aromatic heterocycles. The Morgan fingerprint density at radius 1 is 0.947 bits per heavy atom. The maximum Gasteiger partial charge on any atom is 0.0230 e. The van der Waals surface area contributed by atoms with Crippen LogP contribution in [0.1, 0.15) is 44.6 Å². The summed E-state index contributed by atoms with van der Waals surface area (Å²) in [5, 5.41) is 3.46. The Kier molecular flexibility index (Phi) is 9.38. The number of nitrogens with one attached hydrogen (secondary N) is 1. The molecule has 0 amide bonds. The van der Waals surface area contributed by atoms with Gasteiger partial charge in [-0.25, -0.2) is 0 Å². The molecule has 0 heterocycles. The normalized spacial score (nSPS) is 11.1. The Balaban J connectivity index is 1.94. The topological polar surface area (TPSA) is 15.3 Å². The Morgan fingerprint density at radius 2 is 1.68 bits per heavy atom. The zero-order valence-electron chi connectivity index (χ0n) is 12.7. The molecule has 2 heteroatoms. The average molecular weight is 262 g/mol. The third-order valence-corrected chi connectivity index (χ3v) is 3.37. The minimum atomic E-state index is 1.07. The quantitative estimate of drug-likeness (QED) is 0.612. The second kappa shape index (κ2) is 11.0. The minimum absolute atomic E-state index is 1.07. The molecule has 1 rings (SSSR count). The molecule has 0 bridgehead atoms. The largest absolute Gasteiger partial charge is 0.317 e. The van der Waals surface area contributed by atoms with Crippen molar-refractivity contribution in [1.82, 2.24) is 10.2 Å². The van der Waals surface area contributed by atoms with Gasteiger partial charge in [-0.2, -0.15) is 0 Å². The first-order valence-electron chi connectivity index (χ1n) is 7.76. The minimum Gasteiger partial charge on any atom is -0.317 e. The van der Waals surface area contributed by atoms with Crippen LogP contribution in [-0.2, 0) is 6.54 Å². The molecule has 0 fully saturated rings. The van der Waals surface area contributed by atoms with Crippen molar-refractivity contribution in [2.45, 2.75) is 45.6 Å². The molecule has 0 aliphatic heterocycles. The zero-order chi connectivity index (χ0) is 13.8. The summed E-state index contributed by atoms with van der Waals surface area (Å²) in [5.41, 5.74) is 1.41. The Labute approximate surface area is 119 Å². The van der Waals surface area contributed by atoms with Gasteiger partial charge in [-0.15, -0.1) is 0 Å². The molecule has 0 aliphatic carbocycles. The van der Waals surface area contributed by atoms with Crippen LogP contribution in [0.4, 0.5) is 0 Å². The van der Waals surface area contributed by atoms with Gasteiger partial charge in [-0.3, -0.25) is 0 Å². The molecule has 108 valence electrons. The monoisotopic (exact) mass is 262 g/mol. The van der Waals surface area contributed by atoms with Crippen molar-refractivity contribution in [3.63, 3.8) is 0 Å². The van der Waals surface area contributed by atoms with Crippen molar-refractivity contribution in [3.05, 3.63) is 35.9 Å². The Hall–Kier alpha value is -0.860. The van der Waals surface area contributed by atoms with E-state index in [4.69, 9.17) is 0 Å². The molecule has 0 aliphatic rings. The third-order valence-electron chi connectivity index (χ3n) is 3.37. The second-order valence-electron chi connectivity index (χ2n) is 5.39. The van der Waals surface area contributed by atoms with Gasteiger partial charge in [0.1, 0.15) is 0 Å². The van der Waals surface area contributed by atoms with E-state index in [-0.39, 0.29) is 0 Å². The Bertz CT molecular complexity index is 297. The van der Waals surface area contributed by atoms with Crippen molar-refractivity contribution in [3.8, 4) is 0 Å². The molecule has 1 aromatic carbocycles. The van der Waals surface area contributed by atoms with Gasteiger partial charge in [-0.1, -0.05) is 50.1 Å². The van der Waals surface area contributed by atoms with E-state index in [9.17, 15) is 0 Å². The van der Waals surface area contributed by atoms with Crippen molar-refractivity contribution >= 4 is 0 Å². The first-order chi connectivity index (χ1) is 9.33. The van der Waals surface area contributed by atoms with E-state index >= 15 is 0 Å². The molecule has 0 saturated heterocycles. The van der Waals surface area contributed by atoms with E-state index in [1.165, 1.54) is 57.3 Å². The summed E-state index contributed by atoms with van der Waals surface area (Å²) in [7, 11) is 2.22. The standard InChI is InChI=1S/C17H30N2/c1-3-13-18-14-9-4-5-10-15-19(2)16-17-11-7-6-8-12-17/h6-8,11-12,18H,3-5,9-10,13-16H2,1-2H3.